The minimum Gasteiger partial charge on any atom is -0.493 e. The van der Waals surface area contributed by atoms with Crippen LogP contribution in [0.1, 0.15) is 28.3 Å². The highest BCUT2D eigenvalue weighted by atomic mass is 79.9. The highest BCUT2D eigenvalue weighted by Gasteiger charge is 2.24. The van der Waals surface area contributed by atoms with Crippen molar-refractivity contribution in [1.82, 2.24) is 14.9 Å². The summed E-state index contributed by atoms with van der Waals surface area (Å²) in [5.41, 5.74) is 6.61. The lowest BCUT2D eigenvalue weighted by atomic mass is 9.94. The molecule has 164 valence electrons. The molecule has 0 bridgehead atoms. The van der Waals surface area contributed by atoms with E-state index in [2.05, 4.69) is 36.0 Å². The normalized spacial score (nSPS) is 18.7. The van der Waals surface area contributed by atoms with Crippen LogP contribution in [0.15, 0.2) is 32.9 Å². The van der Waals surface area contributed by atoms with Gasteiger partial charge in [-0.3, -0.25) is 9.88 Å². The SMILES string of the molecule is COc1cc(Br)c(C=C2CN(C)CC(=Cc3nc(C)c(C)nc3C)C2=NO)cc1OC. The quantitative estimate of drug-likeness (QED) is 0.508. The van der Waals surface area contributed by atoms with E-state index in [1.54, 1.807) is 14.2 Å². The van der Waals surface area contributed by atoms with Crippen LogP contribution in [-0.4, -0.2) is 60.1 Å². The van der Waals surface area contributed by atoms with Crippen LogP contribution < -0.4 is 9.47 Å². The number of piperidine rings is 1. The summed E-state index contributed by atoms with van der Waals surface area (Å²) in [7, 11) is 5.23. The second-order valence-electron chi connectivity index (χ2n) is 7.55. The molecule has 0 radical (unpaired) electrons. The maximum absolute atomic E-state index is 9.89. The maximum atomic E-state index is 9.89. The Morgan fingerprint density at radius 1 is 0.968 bits per heavy atom. The van der Waals surface area contributed by atoms with Gasteiger partial charge < -0.3 is 14.7 Å². The van der Waals surface area contributed by atoms with Gasteiger partial charge in [-0.25, -0.2) is 4.98 Å². The molecule has 2 aromatic rings. The Kier molecular flexibility index (Phi) is 7.12. The van der Waals surface area contributed by atoms with Crippen LogP contribution in [0.2, 0.25) is 0 Å². The van der Waals surface area contributed by atoms with Gasteiger partial charge in [-0.05, 0) is 68.8 Å². The number of methoxy groups -OCH3 is 2. The Labute approximate surface area is 191 Å². The number of aromatic nitrogens is 2. The number of benzene rings is 1. The maximum Gasteiger partial charge on any atom is 0.161 e. The van der Waals surface area contributed by atoms with E-state index in [-0.39, 0.29) is 0 Å². The molecule has 3 rings (SSSR count). The molecule has 8 heteroatoms. The molecule has 0 spiro atoms. The molecule has 0 aliphatic carbocycles. The fourth-order valence-corrected chi connectivity index (χ4v) is 3.99. The van der Waals surface area contributed by atoms with Crippen LogP contribution in [0.25, 0.3) is 12.2 Å². The van der Waals surface area contributed by atoms with Gasteiger partial charge in [0.15, 0.2) is 11.5 Å². The van der Waals surface area contributed by atoms with Gasteiger partial charge >= 0.3 is 0 Å². The summed E-state index contributed by atoms with van der Waals surface area (Å²) in [5.74, 6) is 1.26. The molecule has 1 aliphatic rings. The lowest BCUT2D eigenvalue weighted by molar-refractivity contribution is 0.315. The summed E-state index contributed by atoms with van der Waals surface area (Å²) in [6, 6.07) is 3.75. The third-order valence-corrected chi connectivity index (χ3v) is 5.94. The summed E-state index contributed by atoms with van der Waals surface area (Å²) >= 11 is 3.60. The van der Waals surface area contributed by atoms with E-state index in [0.29, 0.717) is 30.3 Å². The van der Waals surface area contributed by atoms with Crippen molar-refractivity contribution in [3.8, 4) is 11.5 Å². The van der Waals surface area contributed by atoms with E-state index in [1.165, 1.54) is 0 Å². The second kappa shape index (κ2) is 9.62. The Morgan fingerprint density at radius 3 is 2.16 bits per heavy atom. The van der Waals surface area contributed by atoms with Crippen molar-refractivity contribution in [2.45, 2.75) is 20.8 Å². The first kappa shape index (κ1) is 23.0. The zero-order chi connectivity index (χ0) is 22.7. The number of nitrogens with zero attached hydrogens (tertiary/aromatic N) is 4. The summed E-state index contributed by atoms with van der Waals surface area (Å²) < 4.78 is 11.7. The van der Waals surface area contributed by atoms with Crippen molar-refractivity contribution < 1.29 is 14.7 Å². The highest BCUT2D eigenvalue weighted by Crippen LogP contribution is 2.35. The van der Waals surface area contributed by atoms with Gasteiger partial charge in [-0.2, -0.15) is 0 Å². The van der Waals surface area contributed by atoms with Crippen LogP contribution in [-0.2, 0) is 0 Å². The summed E-state index contributed by atoms with van der Waals surface area (Å²) in [6.45, 7) is 7.10. The zero-order valence-electron chi connectivity index (χ0n) is 18.7. The molecule has 0 atom stereocenters. The summed E-state index contributed by atoms with van der Waals surface area (Å²) in [5, 5.41) is 13.5. The van der Waals surface area contributed by atoms with Gasteiger partial charge in [-0.1, -0.05) is 21.1 Å². The van der Waals surface area contributed by atoms with Gasteiger partial charge in [0.05, 0.1) is 37.0 Å². The first-order chi connectivity index (χ1) is 14.8. The largest absolute Gasteiger partial charge is 0.493 e. The van der Waals surface area contributed by atoms with Gasteiger partial charge in [0.25, 0.3) is 0 Å². The Bertz CT molecular complexity index is 1090. The van der Waals surface area contributed by atoms with Crippen LogP contribution in [0.4, 0.5) is 0 Å². The molecule has 1 aliphatic heterocycles. The first-order valence-corrected chi connectivity index (χ1v) is 10.6. The van der Waals surface area contributed by atoms with Gasteiger partial charge in [0.1, 0.15) is 5.71 Å². The number of ether oxygens (including phenoxy) is 2. The predicted molar refractivity (Wildman–Crippen MR) is 126 cm³/mol. The smallest absolute Gasteiger partial charge is 0.161 e. The number of likely N-dealkylation sites (N-methyl/N-ethyl adjacent to an activating group) is 1. The second-order valence-corrected chi connectivity index (χ2v) is 8.41. The third kappa shape index (κ3) is 4.97. The summed E-state index contributed by atoms with van der Waals surface area (Å²) in [6.07, 6.45) is 3.94. The van der Waals surface area contributed by atoms with Crippen molar-refractivity contribution in [1.29, 1.82) is 0 Å². The average molecular weight is 487 g/mol. The van der Waals surface area contributed by atoms with E-state index >= 15 is 0 Å². The highest BCUT2D eigenvalue weighted by molar-refractivity contribution is 9.10. The number of oxime groups is 1. The number of likely N-dealkylation sites (tertiary alicyclic amines) is 1. The van der Waals surface area contributed by atoms with Crippen molar-refractivity contribution in [2.24, 2.45) is 5.16 Å². The monoisotopic (exact) mass is 486 g/mol. The number of rotatable bonds is 4. The van der Waals surface area contributed by atoms with Crippen LogP contribution >= 0.6 is 15.9 Å². The Morgan fingerprint density at radius 2 is 1.55 bits per heavy atom. The van der Waals surface area contributed by atoms with Crippen molar-refractivity contribution in [3.05, 3.63) is 56.1 Å². The Hall–Kier alpha value is -2.71. The summed E-state index contributed by atoms with van der Waals surface area (Å²) in [4.78, 5) is 11.4. The fourth-order valence-electron chi connectivity index (χ4n) is 3.55. The fraction of sp³-hybridized carbons (Fsp3) is 0.348. The number of halogens is 1. The number of hydrogen-bond donors (Lipinski definition) is 1. The van der Waals surface area contributed by atoms with Gasteiger partial charge in [0.2, 0.25) is 0 Å². The molecule has 0 saturated carbocycles. The van der Waals surface area contributed by atoms with Crippen LogP contribution in [0.3, 0.4) is 0 Å². The van der Waals surface area contributed by atoms with Crippen LogP contribution in [0, 0.1) is 20.8 Å². The van der Waals surface area contributed by atoms with Gasteiger partial charge in [0, 0.05) is 17.6 Å². The molecule has 0 amide bonds. The van der Waals surface area contributed by atoms with Crippen LogP contribution in [0.5, 0.6) is 11.5 Å². The predicted octanol–water partition coefficient (Wildman–Crippen LogP) is 4.42. The molecule has 2 heterocycles. The molecule has 1 fully saturated rings. The van der Waals surface area contributed by atoms with E-state index in [9.17, 15) is 5.21 Å². The van der Waals surface area contributed by atoms with Crippen molar-refractivity contribution >= 4 is 33.8 Å². The molecule has 1 saturated heterocycles. The first-order valence-electron chi connectivity index (χ1n) is 9.83. The molecule has 1 aromatic carbocycles. The topological polar surface area (TPSA) is 80.1 Å². The Balaban J connectivity index is 2.08. The van der Waals surface area contributed by atoms with E-state index in [4.69, 9.17) is 9.47 Å². The molecule has 7 nitrogen and oxygen atoms in total. The van der Waals surface area contributed by atoms with E-state index < -0.39 is 0 Å². The molecular weight excluding hydrogens is 460 g/mol. The molecule has 1 N–H and O–H groups in total. The number of aryl methyl sites for hydroxylation is 3. The standard InChI is InChI=1S/C23H27BrN4O3/c1-13-14(2)26-20(15(3)25-13)8-18-12-28(4)11-17(23(18)27-29)7-16-9-21(30-5)22(31-6)10-19(16)24/h7-10,29H,11-12H2,1-6H3. The molecule has 0 unspecified atom stereocenters. The lowest BCUT2D eigenvalue weighted by Crippen LogP contribution is -2.35. The average Bonchev–Trinajstić information content (AvgIpc) is 2.73. The zero-order valence-corrected chi connectivity index (χ0v) is 20.2. The lowest BCUT2D eigenvalue weighted by Gasteiger charge is -2.28. The van der Waals surface area contributed by atoms with E-state index in [0.717, 1.165) is 44.0 Å². The van der Waals surface area contributed by atoms with E-state index in [1.807, 2.05) is 52.1 Å². The van der Waals surface area contributed by atoms with Gasteiger partial charge in [-0.15, -0.1) is 0 Å². The minimum absolute atomic E-state index is 0.541. The number of hydrogen-bond acceptors (Lipinski definition) is 7. The van der Waals surface area contributed by atoms with Crippen molar-refractivity contribution in [3.63, 3.8) is 0 Å². The molecular formula is C23H27BrN4O3. The minimum atomic E-state index is 0.541. The molecule has 1 aromatic heterocycles. The van der Waals surface area contributed by atoms with Crippen molar-refractivity contribution in [2.75, 3.05) is 34.4 Å². The third-order valence-electron chi connectivity index (χ3n) is 5.25. The molecule has 31 heavy (non-hydrogen) atoms.